The molecule has 0 aromatic rings. The van der Waals surface area contributed by atoms with E-state index in [2.05, 4.69) is 13.8 Å². The molecule has 4 rings (SSSR count). The molecule has 3 nitrogen and oxygen atoms in total. The molecule has 4 fully saturated rings. The molecular weight excluding hydrogens is 276 g/mol. The van der Waals surface area contributed by atoms with Crippen molar-refractivity contribution in [1.29, 1.82) is 0 Å². The molecule has 9 atom stereocenters. The van der Waals surface area contributed by atoms with Crippen molar-refractivity contribution in [3.63, 3.8) is 0 Å². The summed E-state index contributed by atoms with van der Waals surface area (Å²) in [5, 5.41) is 30.8. The van der Waals surface area contributed by atoms with Gasteiger partial charge in [-0.1, -0.05) is 13.8 Å². The first-order valence-corrected chi connectivity index (χ1v) is 9.40. The lowest BCUT2D eigenvalue weighted by Gasteiger charge is -2.60. The van der Waals surface area contributed by atoms with Gasteiger partial charge >= 0.3 is 0 Å². The van der Waals surface area contributed by atoms with E-state index in [4.69, 9.17) is 0 Å². The molecule has 22 heavy (non-hydrogen) atoms. The van der Waals surface area contributed by atoms with Crippen molar-refractivity contribution >= 4 is 0 Å². The van der Waals surface area contributed by atoms with E-state index in [1.807, 2.05) is 0 Å². The van der Waals surface area contributed by atoms with Gasteiger partial charge in [0.15, 0.2) is 0 Å². The summed E-state index contributed by atoms with van der Waals surface area (Å²) >= 11 is 0. The van der Waals surface area contributed by atoms with Crippen LogP contribution in [0.5, 0.6) is 0 Å². The lowest BCUT2D eigenvalue weighted by atomic mass is 9.45. The molecule has 0 aromatic carbocycles. The van der Waals surface area contributed by atoms with Crippen LogP contribution in [0.3, 0.4) is 0 Å². The Bertz CT molecular complexity index is 452. The lowest BCUT2D eigenvalue weighted by molar-refractivity contribution is -0.135. The minimum Gasteiger partial charge on any atom is -0.393 e. The predicted octanol–water partition coefficient (Wildman–Crippen LogP) is 2.72. The maximum atomic E-state index is 10.5. The summed E-state index contributed by atoms with van der Waals surface area (Å²) in [4.78, 5) is 0. The fraction of sp³-hybridized carbons (Fsp3) is 1.00. The molecule has 126 valence electrons. The molecule has 4 aliphatic rings. The van der Waals surface area contributed by atoms with Crippen LogP contribution in [0, 0.1) is 34.5 Å². The van der Waals surface area contributed by atoms with E-state index in [9.17, 15) is 15.3 Å². The summed E-state index contributed by atoms with van der Waals surface area (Å²) in [6.45, 7) is 4.69. The van der Waals surface area contributed by atoms with Gasteiger partial charge in [0.1, 0.15) is 0 Å². The van der Waals surface area contributed by atoms with Crippen LogP contribution >= 0.6 is 0 Å². The summed E-state index contributed by atoms with van der Waals surface area (Å²) in [6.07, 6.45) is 7.49. The Morgan fingerprint density at radius 3 is 2.27 bits per heavy atom. The number of hydrogen-bond donors (Lipinski definition) is 3. The molecule has 3 heteroatoms. The van der Waals surface area contributed by atoms with Crippen molar-refractivity contribution in [2.45, 2.75) is 83.5 Å². The summed E-state index contributed by atoms with van der Waals surface area (Å²) in [7, 11) is 0. The molecule has 0 aliphatic heterocycles. The highest BCUT2D eigenvalue weighted by Gasteiger charge is 2.61. The van der Waals surface area contributed by atoms with Crippen molar-refractivity contribution in [2.24, 2.45) is 34.5 Å². The van der Waals surface area contributed by atoms with Crippen LogP contribution in [-0.4, -0.2) is 33.6 Å². The molecule has 0 saturated heterocycles. The minimum absolute atomic E-state index is 0.0715. The van der Waals surface area contributed by atoms with Crippen LogP contribution in [0.25, 0.3) is 0 Å². The van der Waals surface area contributed by atoms with Gasteiger partial charge in [0.25, 0.3) is 0 Å². The van der Waals surface area contributed by atoms with E-state index < -0.39 is 12.2 Å². The van der Waals surface area contributed by atoms with Crippen LogP contribution in [0.4, 0.5) is 0 Å². The van der Waals surface area contributed by atoms with E-state index in [0.717, 1.165) is 38.0 Å². The maximum absolute atomic E-state index is 10.5. The Morgan fingerprint density at radius 2 is 1.50 bits per heavy atom. The third-order valence-electron chi connectivity index (χ3n) is 8.61. The quantitative estimate of drug-likeness (QED) is 0.645. The van der Waals surface area contributed by atoms with Gasteiger partial charge in [0, 0.05) is 0 Å². The zero-order valence-electron chi connectivity index (χ0n) is 14.0. The topological polar surface area (TPSA) is 60.7 Å². The number of hydrogen-bond acceptors (Lipinski definition) is 3. The highest BCUT2D eigenvalue weighted by molar-refractivity contribution is 5.11. The van der Waals surface area contributed by atoms with E-state index >= 15 is 0 Å². The average Bonchev–Trinajstić information content (AvgIpc) is 2.72. The standard InChI is InChI=1S/C19H32O3/c1-18-7-5-12(20)9-11(18)3-4-13-14(18)6-8-19(2)15(13)10-16(21)17(19)22/h11-17,20-22H,3-10H2,1-2H3/t11-,12-,13-,14-,15-,16+,17+,18+,19+/m1/s1. The largest absolute Gasteiger partial charge is 0.393 e. The highest BCUT2D eigenvalue weighted by Crippen LogP contribution is 2.66. The van der Waals surface area contributed by atoms with Crippen molar-refractivity contribution in [2.75, 3.05) is 0 Å². The second-order valence-corrected chi connectivity index (χ2v) is 9.38. The molecule has 0 radical (unpaired) electrons. The summed E-state index contributed by atoms with van der Waals surface area (Å²) < 4.78 is 0. The number of aliphatic hydroxyl groups is 3. The molecule has 0 aromatic heterocycles. The van der Waals surface area contributed by atoms with Crippen LogP contribution in [0.15, 0.2) is 0 Å². The van der Waals surface area contributed by atoms with Crippen LogP contribution in [-0.2, 0) is 0 Å². The normalized spacial score (nSPS) is 61.2. The number of rotatable bonds is 0. The molecule has 0 heterocycles. The molecular formula is C19H32O3. The van der Waals surface area contributed by atoms with E-state index in [0.29, 0.717) is 23.2 Å². The first kappa shape index (κ1) is 15.4. The molecule has 3 N–H and O–H groups in total. The third-order valence-corrected chi connectivity index (χ3v) is 8.61. The molecule has 4 saturated carbocycles. The van der Waals surface area contributed by atoms with Gasteiger partial charge in [-0.15, -0.1) is 0 Å². The summed E-state index contributed by atoms with van der Waals surface area (Å²) in [5.74, 6) is 2.57. The SMILES string of the molecule is C[C@]12CC[C@@H](O)C[C@H]1CC[C@@H]1[C@H]2CC[C@@]2(C)[C@@H]1C[C@H](O)[C@@H]2O. The van der Waals surface area contributed by atoms with E-state index in [1.165, 1.54) is 19.3 Å². The third kappa shape index (κ3) is 1.91. The van der Waals surface area contributed by atoms with Crippen LogP contribution in [0.1, 0.15) is 65.2 Å². The smallest absolute Gasteiger partial charge is 0.0855 e. The molecule has 0 unspecified atom stereocenters. The van der Waals surface area contributed by atoms with Crippen molar-refractivity contribution in [3.05, 3.63) is 0 Å². The Morgan fingerprint density at radius 1 is 0.773 bits per heavy atom. The van der Waals surface area contributed by atoms with Gasteiger partial charge in [0.2, 0.25) is 0 Å². The average molecular weight is 308 g/mol. The Labute approximate surface area is 134 Å². The predicted molar refractivity (Wildman–Crippen MR) is 85.1 cm³/mol. The fourth-order valence-electron chi connectivity index (χ4n) is 7.22. The number of aliphatic hydroxyl groups excluding tert-OH is 3. The Balaban J connectivity index is 1.63. The van der Waals surface area contributed by atoms with Gasteiger partial charge in [0.05, 0.1) is 18.3 Å². The first-order valence-electron chi connectivity index (χ1n) is 9.40. The zero-order chi connectivity index (χ0) is 15.7. The number of fused-ring (bicyclic) bond motifs is 5. The Kier molecular flexibility index (Phi) is 3.46. The Hall–Kier alpha value is -0.120. The lowest BCUT2D eigenvalue weighted by Crippen LogP contribution is -2.54. The van der Waals surface area contributed by atoms with Crippen molar-refractivity contribution in [1.82, 2.24) is 0 Å². The highest BCUT2D eigenvalue weighted by atomic mass is 16.3. The van der Waals surface area contributed by atoms with Gasteiger partial charge in [-0.05, 0) is 85.9 Å². The van der Waals surface area contributed by atoms with E-state index in [-0.39, 0.29) is 11.5 Å². The fourth-order valence-corrected chi connectivity index (χ4v) is 7.22. The van der Waals surface area contributed by atoms with E-state index in [1.54, 1.807) is 0 Å². The minimum atomic E-state index is -0.530. The van der Waals surface area contributed by atoms with Gasteiger partial charge in [-0.2, -0.15) is 0 Å². The monoisotopic (exact) mass is 308 g/mol. The van der Waals surface area contributed by atoms with Crippen LogP contribution in [0.2, 0.25) is 0 Å². The van der Waals surface area contributed by atoms with Crippen LogP contribution < -0.4 is 0 Å². The summed E-state index contributed by atoms with van der Waals surface area (Å²) in [6, 6.07) is 0. The van der Waals surface area contributed by atoms with Gasteiger partial charge in [-0.3, -0.25) is 0 Å². The zero-order valence-corrected chi connectivity index (χ0v) is 14.0. The maximum Gasteiger partial charge on any atom is 0.0855 e. The molecule has 0 bridgehead atoms. The molecule has 4 aliphatic carbocycles. The molecule has 0 amide bonds. The van der Waals surface area contributed by atoms with Gasteiger partial charge < -0.3 is 15.3 Å². The second-order valence-electron chi connectivity index (χ2n) is 9.38. The summed E-state index contributed by atoms with van der Waals surface area (Å²) in [5.41, 5.74) is 0.305. The first-order chi connectivity index (χ1) is 10.4. The second kappa shape index (κ2) is 4.94. The van der Waals surface area contributed by atoms with Crippen molar-refractivity contribution < 1.29 is 15.3 Å². The van der Waals surface area contributed by atoms with Crippen molar-refractivity contribution in [3.8, 4) is 0 Å². The molecule has 0 spiro atoms. The van der Waals surface area contributed by atoms with Gasteiger partial charge in [-0.25, -0.2) is 0 Å².